The fourth-order valence-corrected chi connectivity index (χ4v) is 2.72. The van der Waals surface area contributed by atoms with Gasteiger partial charge in [0.2, 0.25) is 5.91 Å². The minimum absolute atomic E-state index is 0.261. The summed E-state index contributed by atoms with van der Waals surface area (Å²) in [5.41, 5.74) is 2.35. The van der Waals surface area contributed by atoms with Gasteiger partial charge in [-0.25, -0.2) is 4.98 Å². The van der Waals surface area contributed by atoms with Gasteiger partial charge < -0.3 is 9.47 Å². The summed E-state index contributed by atoms with van der Waals surface area (Å²) >= 11 is 5.81. The Labute approximate surface area is 123 Å². The Morgan fingerprint density at radius 2 is 2.05 bits per heavy atom. The van der Waals surface area contributed by atoms with Crippen LogP contribution in [-0.2, 0) is 17.9 Å². The van der Waals surface area contributed by atoms with E-state index in [1.165, 1.54) is 11.1 Å². The van der Waals surface area contributed by atoms with Crippen molar-refractivity contribution in [3.8, 4) is 0 Å². The summed E-state index contributed by atoms with van der Waals surface area (Å²) in [7, 11) is 0. The van der Waals surface area contributed by atoms with Crippen molar-refractivity contribution in [2.45, 2.75) is 25.9 Å². The quantitative estimate of drug-likeness (QED) is 0.868. The molecule has 1 fully saturated rings. The zero-order valence-corrected chi connectivity index (χ0v) is 11.9. The second-order valence-corrected chi connectivity index (χ2v) is 5.49. The first-order chi connectivity index (χ1) is 9.70. The predicted molar refractivity (Wildman–Crippen MR) is 77.4 cm³/mol. The van der Waals surface area contributed by atoms with Crippen LogP contribution in [-0.4, -0.2) is 26.9 Å². The Kier molecular flexibility index (Phi) is 3.74. The first-order valence-electron chi connectivity index (χ1n) is 6.73. The lowest BCUT2D eigenvalue weighted by Crippen LogP contribution is -2.23. The highest BCUT2D eigenvalue weighted by Gasteiger charge is 2.19. The second kappa shape index (κ2) is 5.67. The second-order valence-electron chi connectivity index (χ2n) is 5.11. The average Bonchev–Trinajstić information content (AvgIpc) is 3.00. The van der Waals surface area contributed by atoms with Gasteiger partial charge in [-0.05, 0) is 17.5 Å². The Balaban J connectivity index is 1.70. The van der Waals surface area contributed by atoms with E-state index in [-0.39, 0.29) is 5.91 Å². The smallest absolute Gasteiger partial charge is 0.222 e. The number of rotatable bonds is 4. The summed E-state index contributed by atoms with van der Waals surface area (Å²) in [4.78, 5) is 17.6. The molecule has 1 aliphatic rings. The van der Waals surface area contributed by atoms with Gasteiger partial charge in [-0.2, -0.15) is 0 Å². The van der Waals surface area contributed by atoms with Crippen LogP contribution in [0.1, 0.15) is 24.0 Å². The Bertz CT molecular complexity index is 623. The van der Waals surface area contributed by atoms with Crippen molar-refractivity contribution < 1.29 is 4.79 Å². The van der Waals surface area contributed by atoms with Gasteiger partial charge in [0.25, 0.3) is 0 Å². The molecule has 104 valence electrons. The maximum atomic E-state index is 11.7. The number of imidazole rings is 1. The first-order valence-corrected chi connectivity index (χ1v) is 7.11. The topological polar surface area (TPSA) is 38.1 Å². The van der Waals surface area contributed by atoms with Gasteiger partial charge in [-0.15, -0.1) is 0 Å². The van der Waals surface area contributed by atoms with E-state index < -0.39 is 0 Å². The molecule has 1 aromatic carbocycles. The monoisotopic (exact) mass is 289 g/mol. The van der Waals surface area contributed by atoms with Crippen LogP contribution < -0.4 is 0 Å². The molecule has 0 bridgehead atoms. The molecule has 0 atom stereocenters. The van der Waals surface area contributed by atoms with Crippen molar-refractivity contribution in [1.82, 2.24) is 14.5 Å². The van der Waals surface area contributed by atoms with Crippen LogP contribution in [0.4, 0.5) is 0 Å². The molecule has 2 aromatic rings. The fourth-order valence-electron chi connectivity index (χ4n) is 2.55. The summed E-state index contributed by atoms with van der Waals surface area (Å²) in [6.07, 6.45) is 5.19. The van der Waals surface area contributed by atoms with Crippen LogP contribution in [0.15, 0.2) is 36.8 Å². The lowest BCUT2D eigenvalue weighted by molar-refractivity contribution is -0.128. The van der Waals surface area contributed by atoms with Crippen LogP contribution in [0.5, 0.6) is 0 Å². The molecule has 0 unspecified atom stereocenters. The van der Waals surface area contributed by atoms with Gasteiger partial charge in [0.1, 0.15) is 5.15 Å². The molecule has 1 aromatic heterocycles. The molecule has 4 nitrogen and oxygen atoms in total. The highest BCUT2D eigenvalue weighted by molar-refractivity contribution is 6.29. The number of amides is 1. The predicted octanol–water partition coefficient (Wildman–Crippen LogP) is 2.71. The maximum absolute atomic E-state index is 11.7. The van der Waals surface area contributed by atoms with E-state index in [1.54, 1.807) is 12.5 Å². The van der Waals surface area contributed by atoms with Crippen molar-refractivity contribution in [1.29, 1.82) is 0 Å². The third-order valence-electron chi connectivity index (χ3n) is 3.50. The fraction of sp³-hybridized carbons (Fsp3) is 0.333. The van der Waals surface area contributed by atoms with E-state index in [1.807, 2.05) is 15.5 Å². The molecule has 0 saturated carbocycles. The third kappa shape index (κ3) is 3.02. The minimum atomic E-state index is 0.261. The summed E-state index contributed by atoms with van der Waals surface area (Å²) in [5.74, 6) is 0.261. The van der Waals surface area contributed by atoms with E-state index in [4.69, 9.17) is 11.6 Å². The Hall–Kier alpha value is -1.81. The number of hydrogen-bond donors (Lipinski definition) is 0. The molecule has 2 heterocycles. The van der Waals surface area contributed by atoms with Gasteiger partial charge in [0, 0.05) is 32.3 Å². The third-order valence-corrected chi connectivity index (χ3v) is 3.70. The van der Waals surface area contributed by atoms with Gasteiger partial charge >= 0.3 is 0 Å². The normalized spacial score (nSPS) is 15.1. The van der Waals surface area contributed by atoms with E-state index >= 15 is 0 Å². The molecule has 0 spiro atoms. The van der Waals surface area contributed by atoms with Crippen LogP contribution in [0.2, 0.25) is 5.15 Å². The zero-order chi connectivity index (χ0) is 13.9. The molecule has 0 radical (unpaired) electrons. The molecule has 0 aliphatic carbocycles. The van der Waals surface area contributed by atoms with E-state index in [2.05, 4.69) is 23.2 Å². The summed E-state index contributed by atoms with van der Waals surface area (Å²) in [5, 5.41) is 0.504. The highest BCUT2D eigenvalue weighted by Crippen LogP contribution is 2.16. The molecule has 1 saturated heterocycles. The summed E-state index contributed by atoms with van der Waals surface area (Å²) in [6.45, 7) is 2.32. The summed E-state index contributed by atoms with van der Waals surface area (Å²) < 4.78 is 1.95. The van der Waals surface area contributed by atoms with Crippen molar-refractivity contribution in [3.05, 3.63) is 53.1 Å². The van der Waals surface area contributed by atoms with Crippen molar-refractivity contribution in [3.63, 3.8) is 0 Å². The largest absolute Gasteiger partial charge is 0.338 e. The average molecular weight is 290 g/mol. The lowest BCUT2D eigenvalue weighted by Gasteiger charge is -2.16. The highest BCUT2D eigenvalue weighted by atomic mass is 35.5. The van der Waals surface area contributed by atoms with Crippen molar-refractivity contribution in [2.24, 2.45) is 0 Å². The number of hydrogen-bond acceptors (Lipinski definition) is 2. The number of nitrogens with zero attached hydrogens (tertiary/aromatic N) is 3. The number of likely N-dealkylation sites (tertiary alicyclic amines) is 1. The van der Waals surface area contributed by atoms with E-state index in [0.717, 1.165) is 19.5 Å². The molecule has 5 heteroatoms. The van der Waals surface area contributed by atoms with E-state index in [9.17, 15) is 4.79 Å². The molecular formula is C15H16ClN3O. The van der Waals surface area contributed by atoms with Crippen molar-refractivity contribution in [2.75, 3.05) is 6.54 Å². The number of carbonyl (C=O) groups is 1. The minimum Gasteiger partial charge on any atom is -0.338 e. The van der Waals surface area contributed by atoms with Crippen molar-refractivity contribution >= 4 is 17.5 Å². The Morgan fingerprint density at radius 3 is 2.70 bits per heavy atom. The van der Waals surface area contributed by atoms with Gasteiger partial charge in [0.15, 0.2) is 0 Å². The SMILES string of the molecule is O=C1CCCN1Cc1cccc(Cn2cnc(Cl)c2)c1. The van der Waals surface area contributed by atoms with Crippen LogP contribution >= 0.6 is 11.6 Å². The van der Waals surface area contributed by atoms with Crippen LogP contribution in [0, 0.1) is 0 Å². The molecule has 20 heavy (non-hydrogen) atoms. The Morgan fingerprint density at radius 1 is 1.25 bits per heavy atom. The lowest BCUT2D eigenvalue weighted by atomic mass is 10.1. The first kappa shape index (κ1) is 13.2. The molecule has 1 amide bonds. The van der Waals surface area contributed by atoms with Crippen LogP contribution in [0.3, 0.4) is 0 Å². The van der Waals surface area contributed by atoms with Crippen LogP contribution in [0.25, 0.3) is 0 Å². The molecule has 3 rings (SSSR count). The van der Waals surface area contributed by atoms with Gasteiger partial charge in [-0.3, -0.25) is 4.79 Å². The number of aromatic nitrogens is 2. The summed E-state index contributed by atoms with van der Waals surface area (Å²) in [6, 6.07) is 8.31. The van der Waals surface area contributed by atoms with E-state index in [0.29, 0.717) is 18.1 Å². The molecule has 1 aliphatic heterocycles. The number of carbonyl (C=O) groups excluding carboxylic acids is 1. The zero-order valence-electron chi connectivity index (χ0n) is 11.1. The molecular weight excluding hydrogens is 274 g/mol. The van der Waals surface area contributed by atoms with Gasteiger partial charge in [-0.1, -0.05) is 35.9 Å². The standard InChI is InChI=1S/C15H16ClN3O/c16-14-10-18(11-17-14)8-12-3-1-4-13(7-12)9-19-6-2-5-15(19)20/h1,3-4,7,10-11H,2,5-6,8-9H2. The van der Waals surface area contributed by atoms with Gasteiger partial charge in [0.05, 0.1) is 6.33 Å². The number of benzene rings is 1. The number of halogens is 1. The molecule has 0 N–H and O–H groups in total. The maximum Gasteiger partial charge on any atom is 0.222 e.